The molecule has 0 bridgehead atoms. The summed E-state index contributed by atoms with van der Waals surface area (Å²) >= 11 is 0. The van der Waals surface area contributed by atoms with E-state index in [2.05, 4.69) is 13.8 Å². The molecule has 2 aliphatic rings. The van der Waals surface area contributed by atoms with Gasteiger partial charge in [-0.3, -0.25) is 4.79 Å². The standard InChI is InChI=1S/C28H44O8/c1-5-9-27-33-24(14-21(31)13-22(6-2)32-18(4)29)16-25(34-27)17-26-15-23(7-3)35-28(36-26)19-10-8-11-20(30)12-19/h8,10-12,21-28,30-31H,5-7,9,13-17H2,1-4H3. The van der Waals surface area contributed by atoms with E-state index in [4.69, 9.17) is 23.7 Å². The first-order valence-electron chi connectivity index (χ1n) is 13.5. The van der Waals surface area contributed by atoms with Gasteiger partial charge in [-0.2, -0.15) is 0 Å². The molecule has 8 nitrogen and oxygen atoms in total. The second-order valence-electron chi connectivity index (χ2n) is 10.1. The number of carbonyl (C=O) groups excluding carboxylic acids is 1. The van der Waals surface area contributed by atoms with Crippen LogP contribution in [0.4, 0.5) is 0 Å². The number of esters is 1. The normalized spacial score (nSPS) is 30.5. The summed E-state index contributed by atoms with van der Waals surface area (Å²) in [5.74, 6) is -0.143. The third-order valence-electron chi connectivity index (χ3n) is 6.88. The van der Waals surface area contributed by atoms with Gasteiger partial charge < -0.3 is 33.9 Å². The van der Waals surface area contributed by atoms with Gasteiger partial charge in [0, 0.05) is 38.2 Å². The number of benzene rings is 1. The van der Waals surface area contributed by atoms with Crippen LogP contribution in [0.3, 0.4) is 0 Å². The van der Waals surface area contributed by atoms with Crippen LogP contribution in [0.1, 0.15) is 97.3 Å². The first kappa shape index (κ1) is 28.9. The Morgan fingerprint density at radius 2 is 1.75 bits per heavy atom. The molecule has 0 spiro atoms. The molecular weight excluding hydrogens is 464 g/mol. The summed E-state index contributed by atoms with van der Waals surface area (Å²) < 4.78 is 30.2. The minimum Gasteiger partial charge on any atom is -0.508 e. The molecule has 0 aromatic heterocycles. The summed E-state index contributed by atoms with van der Waals surface area (Å²) in [4.78, 5) is 11.3. The van der Waals surface area contributed by atoms with Crippen LogP contribution in [0.15, 0.2) is 24.3 Å². The number of carbonyl (C=O) groups is 1. The average molecular weight is 509 g/mol. The number of phenolic OH excluding ortho intramolecular Hbond substituents is 1. The predicted octanol–water partition coefficient (Wildman–Crippen LogP) is 5.15. The molecule has 1 aromatic rings. The molecule has 2 N–H and O–H groups in total. The molecule has 1 aromatic carbocycles. The Balaban J connectivity index is 1.62. The van der Waals surface area contributed by atoms with E-state index < -0.39 is 12.4 Å². The van der Waals surface area contributed by atoms with Crippen molar-refractivity contribution in [3.63, 3.8) is 0 Å². The van der Waals surface area contributed by atoms with Crippen molar-refractivity contribution in [2.75, 3.05) is 0 Å². The van der Waals surface area contributed by atoms with Crippen molar-refractivity contribution in [1.29, 1.82) is 0 Å². The molecule has 0 aliphatic carbocycles. The molecule has 0 radical (unpaired) electrons. The van der Waals surface area contributed by atoms with Gasteiger partial charge in [-0.15, -0.1) is 0 Å². The van der Waals surface area contributed by atoms with Gasteiger partial charge in [0.2, 0.25) is 0 Å². The zero-order valence-corrected chi connectivity index (χ0v) is 22.1. The van der Waals surface area contributed by atoms with Gasteiger partial charge in [0.1, 0.15) is 11.9 Å². The number of aliphatic hydroxyl groups excluding tert-OH is 1. The van der Waals surface area contributed by atoms with Crippen molar-refractivity contribution < 1.29 is 38.7 Å². The number of aliphatic hydroxyl groups is 1. The highest BCUT2D eigenvalue weighted by atomic mass is 16.7. The van der Waals surface area contributed by atoms with Gasteiger partial charge in [0.25, 0.3) is 0 Å². The third kappa shape index (κ3) is 8.99. The van der Waals surface area contributed by atoms with Gasteiger partial charge in [0.15, 0.2) is 12.6 Å². The first-order chi connectivity index (χ1) is 17.3. The molecule has 8 unspecified atom stereocenters. The largest absolute Gasteiger partial charge is 0.508 e. The smallest absolute Gasteiger partial charge is 0.302 e. The molecule has 2 aliphatic heterocycles. The van der Waals surface area contributed by atoms with Crippen LogP contribution in [0, 0.1) is 0 Å². The Kier molecular flexibility index (Phi) is 11.5. The van der Waals surface area contributed by atoms with Crippen molar-refractivity contribution in [2.45, 2.75) is 135 Å². The van der Waals surface area contributed by atoms with Gasteiger partial charge in [-0.25, -0.2) is 0 Å². The number of hydrogen-bond acceptors (Lipinski definition) is 8. The van der Waals surface area contributed by atoms with E-state index in [1.165, 1.54) is 6.92 Å². The molecule has 8 heteroatoms. The van der Waals surface area contributed by atoms with Crippen molar-refractivity contribution in [3.05, 3.63) is 29.8 Å². The highest BCUT2D eigenvalue weighted by Crippen LogP contribution is 2.36. The van der Waals surface area contributed by atoms with Gasteiger partial charge in [-0.05, 0) is 37.8 Å². The lowest BCUT2D eigenvalue weighted by Crippen LogP contribution is -2.43. The van der Waals surface area contributed by atoms with Gasteiger partial charge in [0.05, 0.1) is 30.5 Å². The van der Waals surface area contributed by atoms with Gasteiger partial charge >= 0.3 is 5.97 Å². The predicted molar refractivity (Wildman–Crippen MR) is 134 cm³/mol. The van der Waals surface area contributed by atoms with Crippen molar-refractivity contribution in [2.24, 2.45) is 0 Å². The highest BCUT2D eigenvalue weighted by Gasteiger charge is 2.36. The monoisotopic (exact) mass is 508 g/mol. The molecule has 0 saturated carbocycles. The second kappa shape index (κ2) is 14.3. The van der Waals surface area contributed by atoms with Crippen LogP contribution in [0.5, 0.6) is 5.75 Å². The van der Waals surface area contributed by atoms with E-state index in [1.54, 1.807) is 18.2 Å². The van der Waals surface area contributed by atoms with Crippen LogP contribution in [-0.4, -0.2) is 59.1 Å². The summed E-state index contributed by atoms with van der Waals surface area (Å²) in [5.41, 5.74) is 0.800. The summed E-state index contributed by atoms with van der Waals surface area (Å²) in [6.45, 7) is 7.53. The number of hydrogen-bond donors (Lipinski definition) is 2. The van der Waals surface area contributed by atoms with Crippen LogP contribution in [0.25, 0.3) is 0 Å². The Morgan fingerprint density at radius 3 is 2.42 bits per heavy atom. The average Bonchev–Trinajstić information content (AvgIpc) is 2.83. The summed E-state index contributed by atoms with van der Waals surface area (Å²) in [5, 5.41) is 20.6. The summed E-state index contributed by atoms with van der Waals surface area (Å²) in [7, 11) is 0. The molecular formula is C28H44O8. The second-order valence-corrected chi connectivity index (χ2v) is 10.1. The molecule has 2 saturated heterocycles. The fraction of sp³-hybridized carbons (Fsp3) is 0.750. The van der Waals surface area contributed by atoms with Crippen LogP contribution >= 0.6 is 0 Å². The molecule has 204 valence electrons. The number of ether oxygens (including phenoxy) is 5. The quantitative estimate of drug-likeness (QED) is 0.374. The number of rotatable bonds is 12. The fourth-order valence-electron chi connectivity index (χ4n) is 5.10. The topological polar surface area (TPSA) is 104 Å². The van der Waals surface area contributed by atoms with Crippen molar-refractivity contribution in [3.8, 4) is 5.75 Å². The Hall–Kier alpha value is -1.71. The molecule has 3 rings (SSSR count). The third-order valence-corrected chi connectivity index (χ3v) is 6.88. The Labute approximate surface area is 215 Å². The fourth-order valence-corrected chi connectivity index (χ4v) is 5.10. The lowest BCUT2D eigenvalue weighted by atomic mass is 9.95. The maximum atomic E-state index is 11.3. The minimum atomic E-state index is -0.626. The summed E-state index contributed by atoms with van der Waals surface area (Å²) in [6, 6.07) is 7.00. The van der Waals surface area contributed by atoms with Crippen LogP contribution < -0.4 is 0 Å². The van der Waals surface area contributed by atoms with Gasteiger partial charge in [-0.1, -0.05) is 39.3 Å². The molecule has 2 heterocycles. The highest BCUT2D eigenvalue weighted by molar-refractivity contribution is 5.66. The van der Waals surface area contributed by atoms with E-state index in [9.17, 15) is 15.0 Å². The number of phenols is 1. The van der Waals surface area contributed by atoms with Crippen LogP contribution in [0.2, 0.25) is 0 Å². The maximum Gasteiger partial charge on any atom is 0.302 e. The lowest BCUT2D eigenvalue weighted by Gasteiger charge is -2.41. The lowest BCUT2D eigenvalue weighted by molar-refractivity contribution is -0.277. The van der Waals surface area contributed by atoms with E-state index in [0.29, 0.717) is 32.1 Å². The van der Waals surface area contributed by atoms with E-state index in [-0.39, 0.29) is 48.5 Å². The minimum absolute atomic E-state index is 0.0552. The van der Waals surface area contributed by atoms with Crippen molar-refractivity contribution in [1.82, 2.24) is 0 Å². The zero-order valence-electron chi connectivity index (χ0n) is 22.1. The SMILES string of the molecule is CCCC1OC(CC(O)CC(CC)OC(C)=O)CC(CC2CC(CC)OC(c3cccc(O)c3)O2)O1. The molecule has 0 amide bonds. The zero-order chi connectivity index (χ0) is 26.1. The van der Waals surface area contributed by atoms with E-state index in [1.807, 2.05) is 13.0 Å². The van der Waals surface area contributed by atoms with Crippen LogP contribution in [-0.2, 0) is 28.5 Å². The van der Waals surface area contributed by atoms with E-state index in [0.717, 1.165) is 31.2 Å². The molecule has 36 heavy (non-hydrogen) atoms. The van der Waals surface area contributed by atoms with E-state index >= 15 is 0 Å². The molecule has 2 fully saturated rings. The van der Waals surface area contributed by atoms with Crippen molar-refractivity contribution >= 4 is 5.97 Å². The Morgan fingerprint density at radius 1 is 1.06 bits per heavy atom. The number of aromatic hydroxyl groups is 1. The Bertz CT molecular complexity index is 802. The first-order valence-corrected chi connectivity index (χ1v) is 13.5. The molecule has 8 atom stereocenters. The maximum absolute atomic E-state index is 11.3. The summed E-state index contributed by atoms with van der Waals surface area (Å²) in [6.07, 6.45) is 4.29.